The van der Waals surface area contributed by atoms with E-state index in [0.29, 0.717) is 0 Å². The SMILES string of the molecule is CC(Br)=C(C=CC(=O)c1cccc2ccccc12)c1ccccc1. The smallest absolute Gasteiger partial charge is 0.186 e. The van der Waals surface area contributed by atoms with E-state index < -0.39 is 0 Å². The fourth-order valence-electron chi connectivity index (χ4n) is 2.72. The van der Waals surface area contributed by atoms with E-state index >= 15 is 0 Å². The minimum atomic E-state index is 0.00832. The van der Waals surface area contributed by atoms with E-state index in [-0.39, 0.29) is 5.78 Å². The molecule has 0 aliphatic carbocycles. The van der Waals surface area contributed by atoms with E-state index in [9.17, 15) is 4.79 Å². The number of fused-ring (bicyclic) bond motifs is 1. The molecule has 2 heteroatoms. The van der Waals surface area contributed by atoms with E-state index in [1.54, 1.807) is 6.08 Å². The van der Waals surface area contributed by atoms with Crippen molar-refractivity contribution in [2.45, 2.75) is 6.92 Å². The summed E-state index contributed by atoms with van der Waals surface area (Å²) in [7, 11) is 0. The van der Waals surface area contributed by atoms with Crippen molar-refractivity contribution >= 4 is 38.1 Å². The van der Waals surface area contributed by atoms with Gasteiger partial charge >= 0.3 is 0 Å². The molecule has 3 rings (SSSR count). The summed E-state index contributed by atoms with van der Waals surface area (Å²) in [5.74, 6) is 0.00832. The first-order valence-corrected chi connectivity index (χ1v) is 8.58. The lowest BCUT2D eigenvalue weighted by Gasteiger charge is -2.05. The van der Waals surface area contributed by atoms with Gasteiger partial charge in [-0.1, -0.05) is 88.7 Å². The Balaban J connectivity index is 1.96. The molecule has 3 aromatic rings. The molecule has 0 radical (unpaired) electrons. The Morgan fingerprint density at radius 2 is 1.50 bits per heavy atom. The van der Waals surface area contributed by atoms with Crippen LogP contribution in [0, 0.1) is 0 Å². The maximum atomic E-state index is 12.7. The average molecular weight is 377 g/mol. The van der Waals surface area contributed by atoms with Crippen LogP contribution in [0.3, 0.4) is 0 Å². The number of rotatable bonds is 4. The quantitative estimate of drug-likeness (QED) is 0.292. The Morgan fingerprint density at radius 1 is 0.833 bits per heavy atom. The molecule has 1 nitrogen and oxygen atoms in total. The van der Waals surface area contributed by atoms with Crippen LogP contribution in [0.25, 0.3) is 16.3 Å². The number of hydrogen-bond acceptors (Lipinski definition) is 1. The number of allylic oxidation sites excluding steroid dienone is 4. The Morgan fingerprint density at radius 3 is 2.25 bits per heavy atom. The summed E-state index contributed by atoms with van der Waals surface area (Å²) in [4.78, 5) is 12.7. The molecule has 0 atom stereocenters. The maximum absolute atomic E-state index is 12.7. The van der Waals surface area contributed by atoms with Crippen molar-refractivity contribution < 1.29 is 4.79 Å². The summed E-state index contributed by atoms with van der Waals surface area (Å²) in [5.41, 5.74) is 2.81. The maximum Gasteiger partial charge on any atom is 0.186 e. The second kappa shape index (κ2) is 7.41. The molecule has 0 saturated heterocycles. The van der Waals surface area contributed by atoms with Crippen molar-refractivity contribution in [3.05, 3.63) is 101 Å². The van der Waals surface area contributed by atoms with Crippen LogP contribution in [0.5, 0.6) is 0 Å². The second-order valence-electron chi connectivity index (χ2n) is 5.54. The molecule has 0 amide bonds. The lowest BCUT2D eigenvalue weighted by Crippen LogP contribution is -1.96. The molecular formula is C22H17BrO. The second-order valence-corrected chi connectivity index (χ2v) is 6.73. The average Bonchev–Trinajstić information content (AvgIpc) is 2.62. The molecule has 24 heavy (non-hydrogen) atoms. The van der Waals surface area contributed by atoms with Crippen LogP contribution in [-0.4, -0.2) is 5.78 Å². The zero-order chi connectivity index (χ0) is 16.9. The van der Waals surface area contributed by atoms with Gasteiger partial charge in [-0.3, -0.25) is 4.79 Å². The molecule has 0 N–H and O–H groups in total. The highest BCUT2D eigenvalue weighted by atomic mass is 79.9. The number of hydrogen-bond donors (Lipinski definition) is 0. The van der Waals surface area contributed by atoms with Crippen LogP contribution in [0.15, 0.2) is 89.4 Å². The van der Waals surface area contributed by atoms with Gasteiger partial charge in [-0.25, -0.2) is 0 Å². The van der Waals surface area contributed by atoms with Gasteiger partial charge in [-0.2, -0.15) is 0 Å². The highest BCUT2D eigenvalue weighted by Gasteiger charge is 2.07. The molecular weight excluding hydrogens is 360 g/mol. The fraction of sp³-hybridized carbons (Fsp3) is 0.0455. The van der Waals surface area contributed by atoms with Gasteiger partial charge in [0.25, 0.3) is 0 Å². The number of carbonyl (C=O) groups is 1. The van der Waals surface area contributed by atoms with E-state index in [4.69, 9.17) is 0 Å². The van der Waals surface area contributed by atoms with Gasteiger partial charge in [0.2, 0.25) is 0 Å². The number of carbonyl (C=O) groups excluding carboxylic acids is 1. The summed E-state index contributed by atoms with van der Waals surface area (Å²) in [6.45, 7) is 1.98. The van der Waals surface area contributed by atoms with E-state index in [1.165, 1.54) is 0 Å². The largest absolute Gasteiger partial charge is 0.289 e. The van der Waals surface area contributed by atoms with Crippen LogP contribution in [0.1, 0.15) is 22.8 Å². The van der Waals surface area contributed by atoms with Gasteiger partial charge in [0.1, 0.15) is 0 Å². The molecule has 0 aliphatic heterocycles. The Bertz CT molecular complexity index is 927. The van der Waals surface area contributed by atoms with Crippen LogP contribution in [0.2, 0.25) is 0 Å². The molecule has 0 heterocycles. The van der Waals surface area contributed by atoms with Crippen molar-refractivity contribution in [1.82, 2.24) is 0 Å². The minimum Gasteiger partial charge on any atom is -0.289 e. The number of ketones is 1. The number of benzene rings is 3. The van der Waals surface area contributed by atoms with Crippen LogP contribution < -0.4 is 0 Å². The standard InChI is InChI=1S/C22H17BrO/c1-16(23)19(17-8-3-2-4-9-17)14-15-22(24)21-13-7-11-18-10-5-6-12-20(18)21/h2-15H,1H3. The summed E-state index contributed by atoms with van der Waals surface area (Å²) in [6, 6.07) is 23.8. The first kappa shape index (κ1) is 16.4. The van der Waals surface area contributed by atoms with Gasteiger partial charge in [0.05, 0.1) is 0 Å². The molecule has 0 unspecified atom stereocenters. The highest BCUT2D eigenvalue weighted by Crippen LogP contribution is 2.25. The van der Waals surface area contributed by atoms with Gasteiger partial charge < -0.3 is 0 Å². The van der Waals surface area contributed by atoms with Gasteiger partial charge in [0.15, 0.2) is 5.78 Å². The molecule has 0 aromatic heterocycles. The van der Waals surface area contributed by atoms with Gasteiger partial charge in [0, 0.05) is 5.56 Å². The lowest BCUT2D eigenvalue weighted by molar-refractivity contribution is 0.104. The highest BCUT2D eigenvalue weighted by molar-refractivity contribution is 9.11. The Labute approximate surface area is 150 Å². The third kappa shape index (κ3) is 3.55. The van der Waals surface area contributed by atoms with Crippen molar-refractivity contribution in [3.8, 4) is 0 Å². The topological polar surface area (TPSA) is 17.1 Å². The minimum absolute atomic E-state index is 0.00832. The molecule has 0 fully saturated rings. The summed E-state index contributed by atoms with van der Waals surface area (Å²) >= 11 is 3.54. The Hall–Kier alpha value is -2.45. The molecule has 0 aliphatic rings. The number of halogens is 1. The monoisotopic (exact) mass is 376 g/mol. The third-order valence-electron chi connectivity index (χ3n) is 3.91. The van der Waals surface area contributed by atoms with Gasteiger partial charge in [-0.05, 0) is 45.5 Å². The van der Waals surface area contributed by atoms with Crippen molar-refractivity contribution in [3.63, 3.8) is 0 Å². The summed E-state index contributed by atoms with van der Waals surface area (Å²) in [6.07, 6.45) is 3.53. The normalized spacial score (nSPS) is 12.4. The zero-order valence-corrected chi connectivity index (χ0v) is 15.0. The van der Waals surface area contributed by atoms with Crippen LogP contribution in [-0.2, 0) is 0 Å². The molecule has 0 bridgehead atoms. The van der Waals surface area contributed by atoms with E-state index in [1.807, 2.05) is 85.8 Å². The lowest BCUT2D eigenvalue weighted by atomic mass is 9.99. The third-order valence-corrected chi connectivity index (χ3v) is 4.34. The Kier molecular flexibility index (Phi) is 5.07. The predicted octanol–water partition coefficient (Wildman–Crippen LogP) is 6.40. The van der Waals surface area contributed by atoms with Crippen molar-refractivity contribution in [2.75, 3.05) is 0 Å². The summed E-state index contributed by atoms with van der Waals surface area (Å²) in [5, 5.41) is 2.06. The molecule has 3 aromatic carbocycles. The van der Waals surface area contributed by atoms with Gasteiger partial charge in [-0.15, -0.1) is 0 Å². The van der Waals surface area contributed by atoms with Crippen LogP contribution >= 0.6 is 15.9 Å². The van der Waals surface area contributed by atoms with Crippen molar-refractivity contribution in [1.29, 1.82) is 0 Å². The van der Waals surface area contributed by atoms with Crippen molar-refractivity contribution in [2.24, 2.45) is 0 Å². The van der Waals surface area contributed by atoms with E-state index in [0.717, 1.165) is 32.0 Å². The van der Waals surface area contributed by atoms with E-state index in [2.05, 4.69) is 15.9 Å². The zero-order valence-electron chi connectivity index (χ0n) is 13.4. The predicted molar refractivity (Wildman–Crippen MR) is 105 cm³/mol. The first-order valence-electron chi connectivity index (χ1n) is 7.79. The van der Waals surface area contributed by atoms with Crippen LogP contribution in [0.4, 0.5) is 0 Å². The molecule has 0 saturated carbocycles. The molecule has 118 valence electrons. The first-order chi connectivity index (χ1) is 11.7. The molecule has 0 spiro atoms. The fourth-order valence-corrected chi connectivity index (χ4v) is 3.08. The summed E-state index contributed by atoms with van der Waals surface area (Å²) < 4.78 is 0.996.